The molecule has 0 saturated heterocycles. The van der Waals surface area contributed by atoms with Gasteiger partial charge in [0, 0.05) is 0 Å². The van der Waals surface area contributed by atoms with Crippen LogP contribution in [-0.2, 0) is 4.57 Å². The van der Waals surface area contributed by atoms with E-state index in [4.69, 9.17) is 9.26 Å². The highest BCUT2D eigenvalue weighted by Gasteiger charge is 2.24. The number of para-hydroxylation sites is 2. The molecule has 0 bridgehead atoms. The molecule has 1 aromatic heterocycles. The molecule has 0 aliphatic rings. The molecule has 2 aromatic carbocycles. The topological polar surface area (TPSA) is 68.7 Å². The van der Waals surface area contributed by atoms with Crippen LogP contribution in [0.4, 0.5) is 0 Å². The number of rotatable bonds is 5. The Labute approximate surface area is 125 Å². The third-order valence-electron chi connectivity index (χ3n) is 2.63. The average molecular weight is 321 g/mol. The molecule has 0 saturated carbocycles. The van der Waals surface area contributed by atoms with Gasteiger partial charge >= 0.3 is 7.60 Å². The van der Waals surface area contributed by atoms with Gasteiger partial charge in [-0.3, -0.25) is 0 Å². The van der Waals surface area contributed by atoms with Crippen molar-refractivity contribution in [3.63, 3.8) is 0 Å². The van der Waals surface area contributed by atoms with E-state index in [1.165, 1.54) is 11.3 Å². The van der Waals surface area contributed by atoms with Crippen molar-refractivity contribution in [1.29, 1.82) is 0 Å². The van der Waals surface area contributed by atoms with E-state index >= 15 is 0 Å². The van der Waals surface area contributed by atoms with Crippen molar-refractivity contribution in [2.24, 2.45) is 0 Å². The van der Waals surface area contributed by atoms with Crippen molar-refractivity contribution in [1.82, 2.24) is 4.98 Å². The molecule has 1 N–H and O–H groups in total. The van der Waals surface area contributed by atoms with Crippen LogP contribution in [0.15, 0.2) is 54.6 Å². The largest absolute Gasteiger partial charge is 0.480 e. The zero-order valence-corrected chi connectivity index (χ0v) is 12.6. The fourth-order valence-electron chi connectivity index (χ4n) is 1.71. The van der Waals surface area contributed by atoms with Crippen LogP contribution in [0.2, 0.25) is 0 Å². The Hall–Kier alpha value is -1.88. The summed E-state index contributed by atoms with van der Waals surface area (Å²) in [7, 11) is -3.91. The lowest BCUT2D eigenvalue weighted by Gasteiger charge is -2.11. The Morgan fingerprint density at radius 1 is 1.10 bits per heavy atom. The molecule has 0 fully saturated rings. The van der Waals surface area contributed by atoms with Gasteiger partial charge in [0.15, 0.2) is 0 Å². The summed E-state index contributed by atoms with van der Waals surface area (Å²) in [5.74, 6) is 0.514. The van der Waals surface area contributed by atoms with Crippen LogP contribution in [0.1, 0.15) is 0 Å². The first-order chi connectivity index (χ1) is 10.1. The fraction of sp³-hybridized carbons (Fsp3) is 0.0714. The molecule has 0 aliphatic carbocycles. The Kier molecular flexibility index (Phi) is 3.92. The predicted molar refractivity (Wildman–Crippen MR) is 82.0 cm³/mol. The number of nitrogens with zero attached hydrogens (tertiary/aromatic N) is 1. The molecule has 3 aromatic rings. The second kappa shape index (κ2) is 5.85. The summed E-state index contributed by atoms with van der Waals surface area (Å²) >= 11 is 1.22. The minimum Gasteiger partial charge on any atom is -0.480 e. The maximum absolute atomic E-state index is 12.0. The highest BCUT2D eigenvalue weighted by atomic mass is 32.1. The molecule has 3 rings (SSSR count). The lowest BCUT2D eigenvalue weighted by atomic mass is 10.3. The molecular weight excluding hydrogens is 309 g/mol. The van der Waals surface area contributed by atoms with Gasteiger partial charge in [-0.2, -0.15) is 0 Å². The maximum atomic E-state index is 12.0. The molecule has 108 valence electrons. The van der Waals surface area contributed by atoms with Crippen LogP contribution in [0.5, 0.6) is 10.9 Å². The second-order valence-electron chi connectivity index (χ2n) is 4.26. The van der Waals surface area contributed by atoms with Crippen LogP contribution >= 0.6 is 18.9 Å². The zero-order valence-electron chi connectivity index (χ0n) is 10.9. The average Bonchev–Trinajstić information content (AvgIpc) is 2.87. The third kappa shape index (κ3) is 3.61. The standard InChI is InChI=1S/C14H12NO4PS/c16-20(17,10-18-11-6-2-1-3-7-11)19-14-15-12-8-4-5-9-13(12)21-14/h1-9H,10H2,(H,16,17). The first-order valence-electron chi connectivity index (χ1n) is 6.17. The number of hydrogen-bond acceptors (Lipinski definition) is 5. The number of fused-ring (bicyclic) bond motifs is 1. The molecule has 0 radical (unpaired) electrons. The van der Waals surface area contributed by atoms with Crippen molar-refractivity contribution in [3.8, 4) is 10.9 Å². The van der Waals surface area contributed by atoms with E-state index < -0.39 is 13.9 Å². The zero-order chi connectivity index (χ0) is 14.7. The lowest BCUT2D eigenvalue weighted by Crippen LogP contribution is -2.03. The first kappa shape index (κ1) is 14.1. The van der Waals surface area contributed by atoms with Crippen LogP contribution in [-0.4, -0.2) is 16.2 Å². The fourth-order valence-corrected chi connectivity index (χ4v) is 3.56. The molecule has 5 nitrogen and oxygen atoms in total. The van der Waals surface area contributed by atoms with E-state index in [9.17, 15) is 9.46 Å². The molecule has 1 heterocycles. The molecule has 0 amide bonds. The summed E-state index contributed by atoms with van der Waals surface area (Å²) in [5.41, 5.74) is 0.737. The van der Waals surface area contributed by atoms with E-state index in [1.807, 2.05) is 30.3 Å². The molecule has 0 spiro atoms. The van der Waals surface area contributed by atoms with Crippen molar-refractivity contribution in [2.45, 2.75) is 0 Å². The molecule has 21 heavy (non-hydrogen) atoms. The number of benzene rings is 2. The normalized spacial score (nSPS) is 13.8. The van der Waals surface area contributed by atoms with E-state index in [2.05, 4.69) is 4.98 Å². The summed E-state index contributed by atoms with van der Waals surface area (Å²) in [4.78, 5) is 14.0. The Bertz CT molecular complexity index is 757. The van der Waals surface area contributed by atoms with Crippen LogP contribution in [0, 0.1) is 0 Å². The second-order valence-corrected chi connectivity index (χ2v) is 6.97. The van der Waals surface area contributed by atoms with Gasteiger partial charge in [0.2, 0.25) is 6.35 Å². The molecule has 7 heteroatoms. The van der Waals surface area contributed by atoms with Crippen molar-refractivity contribution < 1.29 is 18.7 Å². The van der Waals surface area contributed by atoms with E-state index in [1.54, 1.807) is 24.3 Å². The monoisotopic (exact) mass is 321 g/mol. The van der Waals surface area contributed by atoms with Gasteiger partial charge in [0.1, 0.15) is 5.75 Å². The summed E-state index contributed by atoms with van der Waals surface area (Å²) < 4.78 is 23.3. The summed E-state index contributed by atoms with van der Waals surface area (Å²) in [6.45, 7) is 0. The SMILES string of the molecule is O=P(O)(COc1ccccc1)Oc1nc2ccccc2s1. The van der Waals surface area contributed by atoms with E-state index in [0.717, 1.165) is 10.2 Å². The molecule has 0 aliphatic heterocycles. The van der Waals surface area contributed by atoms with Gasteiger partial charge in [-0.25, -0.2) is 9.55 Å². The number of ether oxygens (including phenoxy) is 1. The Morgan fingerprint density at radius 2 is 1.81 bits per heavy atom. The number of thiazole rings is 1. The minimum atomic E-state index is -3.91. The van der Waals surface area contributed by atoms with Gasteiger partial charge in [-0.05, 0) is 24.3 Å². The predicted octanol–water partition coefficient (Wildman–Crippen LogP) is 3.90. The smallest absolute Gasteiger partial charge is 0.415 e. The van der Waals surface area contributed by atoms with Crippen molar-refractivity contribution in [3.05, 3.63) is 54.6 Å². The van der Waals surface area contributed by atoms with Gasteiger partial charge in [0.25, 0.3) is 5.19 Å². The summed E-state index contributed by atoms with van der Waals surface area (Å²) in [5, 5.41) is 0.165. The van der Waals surface area contributed by atoms with Gasteiger partial charge in [0.05, 0.1) is 10.2 Å². The van der Waals surface area contributed by atoms with Crippen LogP contribution < -0.4 is 9.26 Å². The van der Waals surface area contributed by atoms with E-state index in [0.29, 0.717) is 5.75 Å². The van der Waals surface area contributed by atoms with Crippen LogP contribution in [0.25, 0.3) is 10.2 Å². The summed E-state index contributed by atoms with van der Waals surface area (Å²) in [6, 6.07) is 16.2. The maximum Gasteiger partial charge on any atom is 0.415 e. The molecule has 1 unspecified atom stereocenters. The highest BCUT2D eigenvalue weighted by Crippen LogP contribution is 2.44. The summed E-state index contributed by atoms with van der Waals surface area (Å²) in [6.07, 6.45) is -0.424. The third-order valence-corrected chi connectivity index (χ3v) is 4.58. The highest BCUT2D eigenvalue weighted by molar-refractivity contribution is 7.53. The van der Waals surface area contributed by atoms with E-state index in [-0.39, 0.29) is 5.19 Å². The minimum absolute atomic E-state index is 0.165. The number of hydrogen-bond donors (Lipinski definition) is 1. The first-order valence-corrected chi connectivity index (χ1v) is 8.75. The van der Waals surface area contributed by atoms with Gasteiger partial charge in [-0.1, -0.05) is 41.7 Å². The number of aromatic nitrogens is 1. The van der Waals surface area contributed by atoms with Crippen LogP contribution in [0.3, 0.4) is 0 Å². The van der Waals surface area contributed by atoms with Gasteiger partial charge in [-0.15, -0.1) is 0 Å². The quantitative estimate of drug-likeness (QED) is 0.722. The van der Waals surface area contributed by atoms with Crippen molar-refractivity contribution >= 4 is 29.1 Å². The Morgan fingerprint density at radius 3 is 2.57 bits per heavy atom. The molecular formula is C14H12NO4PS. The molecule has 1 atom stereocenters. The van der Waals surface area contributed by atoms with Crippen molar-refractivity contribution in [2.75, 3.05) is 6.35 Å². The lowest BCUT2D eigenvalue weighted by molar-refractivity contribution is 0.305. The van der Waals surface area contributed by atoms with Gasteiger partial charge < -0.3 is 14.2 Å². The Balaban J connectivity index is 1.69.